The predicted octanol–water partition coefficient (Wildman–Crippen LogP) is 3.75. The van der Waals surface area contributed by atoms with Crippen molar-refractivity contribution in [3.63, 3.8) is 0 Å². The second-order valence-electron chi connectivity index (χ2n) is 8.92. The number of carbonyl (C=O) groups is 2. The lowest BCUT2D eigenvalue weighted by Gasteiger charge is -2.59. The number of hydrogen-bond acceptors (Lipinski definition) is 2. The van der Waals surface area contributed by atoms with E-state index >= 15 is 0 Å². The van der Waals surface area contributed by atoms with Gasteiger partial charge in [-0.05, 0) is 68.4 Å². The fraction of sp³-hybridized carbons (Fsp3) is 0.714. The second-order valence-corrected chi connectivity index (χ2v) is 8.92. The molecule has 0 aromatic carbocycles. The first-order chi connectivity index (χ1) is 11.3. The highest BCUT2D eigenvalue weighted by Crippen LogP contribution is 2.63. The van der Waals surface area contributed by atoms with E-state index < -0.39 is 0 Å². The normalized spacial score (nSPS) is 49.2. The van der Waals surface area contributed by atoms with Gasteiger partial charge in [0.25, 0.3) is 0 Å². The molecule has 1 aliphatic heterocycles. The standard InChI is InChI=1S/C21H29NO2/c1-5-13-12-16-14-6-7-17-20(2,11-9-18(23)22(17)4)15(14)8-10-21(16,3)19(13)24/h5,9,11,14-17H,6-8,10,12H2,1-4H3/b13-5+/t14-,15+,16+,17-,20-,21+/m1/s1. The Balaban J connectivity index is 1.72. The number of Topliss-reactive ketones (excluding diaryl/α,β-unsaturated/α-hetero) is 1. The molecule has 0 aromatic rings. The van der Waals surface area contributed by atoms with E-state index in [4.69, 9.17) is 0 Å². The van der Waals surface area contributed by atoms with E-state index in [0.717, 1.165) is 37.7 Å². The van der Waals surface area contributed by atoms with Crippen molar-refractivity contribution in [2.45, 2.75) is 58.9 Å². The summed E-state index contributed by atoms with van der Waals surface area (Å²) in [5, 5.41) is 0. The van der Waals surface area contributed by atoms with Crippen LogP contribution in [0, 0.1) is 28.6 Å². The minimum atomic E-state index is -0.147. The van der Waals surface area contributed by atoms with Gasteiger partial charge < -0.3 is 4.90 Å². The predicted molar refractivity (Wildman–Crippen MR) is 94.2 cm³/mol. The van der Waals surface area contributed by atoms with Crippen molar-refractivity contribution in [1.29, 1.82) is 0 Å². The lowest BCUT2D eigenvalue weighted by molar-refractivity contribution is -0.141. The second kappa shape index (κ2) is 5.06. The molecule has 0 radical (unpaired) electrons. The van der Waals surface area contributed by atoms with Gasteiger partial charge in [-0.1, -0.05) is 26.0 Å². The smallest absolute Gasteiger partial charge is 0.246 e. The molecule has 0 aromatic heterocycles. The molecule has 24 heavy (non-hydrogen) atoms. The summed E-state index contributed by atoms with van der Waals surface area (Å²) in [5.41, 5.74) is 0.975. The van der Waals surface area contributed by atoms with Gasteiger partial charge in [-0.25, -0.2) is 0 Å². The SMILES string of the molecule is C/C=C1\C[C@H]2[C@@H]3CC[C@H]4N(C)C(=O)C=C[C@]4(C)[C@H]3CC[C@]2(C)C1=O. The third kappa shape index (κ3) is 1.84. The first kappa shape index (κ1) is 16.1. The van der Waals surface area contributed by atoms with Crippen LogP contribution in [-0.4, -0.2) is 29.7 Å². The largest absolute Gasteiger partial charge is 0.338 e. The van der Waals surface area contributed by atoms with Gasteiger partial charge in [-0.15, -0.1) is 0 Å². The first-order valence-corrected chi connectivity index (χ1v) is 9.49. The van der Waals surface area contributed by atoms with E-state index in [-0.39, 0.29) is 16.7 Å². The van der Waals surface area contributed by atoms with E-state index in [2.05, 4.69) is 19.9 Å². The number of carbonyl (C=O) groups excluding carboxylic acids is 2. The van der Waals surface area contributed by atoms with Crippen LogP contribution in [0.15, 0.2) is 23.8 Å². The molecule has 1 amide bonds. The summed E-state index contributed by atoms with van der Waals surface area (Å²) in [7, 11) is 1.96. The minimum Gasteiger partial charge on any atom is -0.338 e. The summed E-state index contributed by atoms with van der Waals surface area (Å²) < 4.78 is 0. The van der Waals surface area contributed by atoms with E-state index in [1.165, 1.54) is 0 Å². The summed E-state index contributed by atoms with van der Waals surface area (Å²) in [6.45, 7) is 6.57. The Kier molecular flexibility index (Phi) is 3.40. The topological polar surface area (TPSA) is 37.4 Å². The van der Waals surface area contributed by atoms with Gasteiger partial charge in [0, 0.05) is 23.9 Å². The molecule has 0 saturated heterocycles. The van der Waals surface area contributed by atoms with E-state index in [9.17, 15) is 9.59 Å². The van der Waals surface area contributed by atoms with Crippen molar-refractivity contribution in [3.05, 3.63) is 23.8 Å². The highest BCUT2D eigenvalue weighted by Gasteiger charge is 2.61. The molecule has 3 nitrogen and oxygen atoms in total. The third-order valence-corrected chi connectivity index (χ3v) is 8.12. The van der Waals surface area contributed by atoms with Gasteiger partial charge >= 0.3 is 0 Å². The Morgan fingerprint density at radius 2 is 1.92 bits per heavy atom. The van der Waals surface area contributed by atoms with Crippen molar-refractivity contribution in [2.24, 2.45) is 28.6 Å². The summed E-state index contributed by atoms with van der Waals surface area (Å²) in [6.07, 6.45) is 11.3. The van der Waals surface area contributed by atoms with Gasteiger partial charge in [0.2, 0.25) is 5.91 Å². The summed E-state index contributed by atoms with van der Waals surface area (Å²) >= 11 is 0. The monoisotopic (exact) mass is 327 g/mol. The molecule has 3 fully saturated rings. The fourth-order valence-corrected chi connectivity index (χ4v) is 6.66. The Hall–Kier alpha value is -1.38. The molecule has 1 heterocycles. The van der Waals surface area contributed by atoms with Gasteiger partial charge in [0.05, 0.1) is 0 Å². The molecule has 6 atom stereocenters. The van der Waals surface area contributed by atoms with Crippen molar-refractivity contribution in [1.82, 2.24) is 4.90 Å². The molecule has 4 aliphatic rings. The molecule has 0 unspecified atom stereocenters. The van der Waals surface area contributed by atoms with Crippen LogP contribution in [0.5, 0.6) is 0 Å². The Labute approximate surface area is 145 Å². The van der Waals surface area contributed by atoms with Crippen LogP contribution in [-0.2, 0) is 9.59 Å². The van der Waals surface area contributed by atoms with E-state index in [0.29, 0.717) is 29.6 Å². The zero-order valence-electron chi connectivity index (χ0n) is 15.3. The van der Waals surface area contributed by atoms with Crippen molar-refractivity contribution in [3.8, 4) is 0 Å². The average Bonchev–Trinajstić information content (AvgIpc) is 2.83. The van der Waals surface area contributed by atoms with Crippen LogP contribution in [0.25, 0.3) is 0 Å². The maximum Gasteiger partial charge on any atom is 0.246 e. The van der Waals surface area contributed by atoms with E-state index in [1.54, 1.807) is 6.08 Å². The lowest BCUT2D eigenvalue weighted by Crippen LogP contribution is -2.59. The van der Waals surface area contributed by atoms with Gasteiger partial charge in [-0.2, -0.15) is 0 Å². The van der Waals surface area contributed by atoms with Crippen molar-refractivity contribution < 1.29 is 9.59 Å². The summed E-state index contributed by atoms with van der Waals surface area (Å²) in [5.74, 6) is 2.24. The zero-order valence-corrected chi connectivity index (χ0v) is 15.3. The average molecular weight is 327 g/mol. The van der Waals surface area contributed by atoms with Crippen LogP contribution >= 0.6 is 0 Å². The molecule has 0 spiro atoms. The molecule has 0 N–H and O–H groups in total. The number of rotatable bonds is 0. The summed E-state index contributed by atoms with van der Waals surface area (Å²) in [6, 6.07) is 0.318. The minimum absolute atomic E-state index is 0.0641. The molecular formula is C21H29NO2. The Bertz CT molecular complexity index is 663. The molecule has 0 bridgehead atoms. The number of allylic oxidation sites excluding steroid dienone is 2. The molecule has 4 rings (SSSR count). The molecular weight excluding hydrogens is 298 g/mol. The number of amides is 1. The van der Waals surface area contributed by atoms with E-state index in [1.807, 2.05) is 24.9 Å². The maximum atomic E-state index is 12.9. The fourth-order valence-electron chi connectivity index (χ4n) is 6.66. The van der Waals surface area contributed by atoms with Crippen LogP contribution in [0.1, 0.15) is 52.9 Å². The van der Waals surface area contributed by atoms with Crippen LogP contribution in [0.3, 0.4) is 0 Å². The van der Waals surface area contributed by atoms with Crippen LogP contribution in [0.4, 0.5) is 0 Å². The van der Waals surface area contributed by atoms with Gasteiger partial charge in [0.15, 0.2) is 5.78 Å². The number of fused-ring (bicyclic) bond motifs is 5. The Morgan fingerprint density at radius 3 is 2.62 bits per heavy atom. The Morgan fingerprint density at radius 1 is 1.17 bits per heavy atom. The number of likely N-dealkylation sites (N-methyl/N-ethyl adjacent to an activating group) is 1. The first-order valence-electron chi connectivity index (χ1n) is 9.49. The summed E-state index contributed by atoms with van der Waals surface area (Å²) in [4.78, 5) is 26.9. The highest BCUT2D eigenvalue weighted by molar-refractivity contribution is 6.02. The van der Waals surface area contributed by atoms with Crippen LogP contribution in [0.2, 0.25) is 0 Å². The number of nitrogens with zero attached hydrogens (tertiary/aromatic N) is 1. The van der Waals surface area contributed by atoms with Crippen LogP contribution < -0.4 is 0 Å². The molecule has 130 valence electrons. The number of hydrogen-bond donors (Lipinski definition) is 0. The maximum absolute atomic E-state index is 12.9. The zero-order chi connectivity index (χ0) is 17.3. The van der Waals surface area contributed by atoms with Crippen molar-refractivity contribution >= 4 is 11.7 Å². The number of ketones is 1. The lowest BCUT2D eigenvalue weighted by atomic mass is 9.48. The van der Waals surface area contributed by atoms with Crippen molar-refractivity contribution in [2.75, 3.05) is 7.05 Å². The van der Waals surface area contributed by atoms with Gasteiger partial charge in [-0.3, -0.25) is 9.59 Å². The molecule has 3 saturated carbocycles. The highest BCUT2D eigenvalue weighted by atomic mass is 16.2. The molecule has 3 aliphatic carbocycles. The quantitative estimate of drug-likeness (QED) is 0.635. The molecule has 3 heteroatoms. The third-order valence-electron chi connectivity index (χ3n) is 8.12. The van der Waals surface area contributed by atoms with Gasteiger partial charge in [0.1, 0.15) is 0 Å².